The van der Waals surface area contributed by atoms with Crippen LogP contribution in [0.5, 0.6) is 0 Å². The Morgan fingerprint density at radius 1 is 0.742 bits per heavy atom. The molecule has 1 aliphatic rings. The first-order chi connectivity index (χ1) is 14.6. The fourth-order valence-corrected chi connectivity index (χ4v) is 5.54. The first kappa shape index (κ1) is 21.3. The molecule has 4 rings (SSSR count). The van der Waals surface area contributed by atoms with Crippen molar-refractivity contribution in [1.82, 2.24) is 5.32 Å². The van der Waals surface area contributed by atoms with Crippen molar-refractivity contribution in [2.24, 2.45) is 5.41 Å². The molecule has 0 radical (unpaired) electrons. The minimum absolute atomic E-state index is 0.0794. The number of carbonyl (C=O) groups is 2. The highest BCUT2D eigenvalue weighted by Gasteiger charge is 2.63. The van der Waals surface area contributed by atoms with Crippen LogP contribution in [0.15, 0.2) is 60.7 Å². The summed E-state index contributed by atoms with van der Waals surface area (Å²) in [6.45, 7) is 13.4. The summed E-state index contributed by atoms with van der Waals surface area (Å²) in [7, 11) is 0. The molecule has 0 bridgehead atoms. The maximum absolute atomic E-state index is 14.1. The van der Waals surface area contributed by atoms with Crippen molar-refractivity contribution in [1.29, 1.82) is 0 Å². The Hall–Kier alpha value is -2.94. The molecule has 0 aliphatic heterocycles. The van der Waals surface area contributed by atoms with Crippen LogP contribution in [0.25, 0.3) is 10.8 Å². The number of Topliss-reactive ketones (excluding diaryl/α,β-unsaturated/α-hetero) is 1. The summed E-state index contributed by atoms with van der Waals surface area (Å²) in [4.78, 5) is 26.3. The summed E-state index contributed by atoms with van der Waals surface area (Å²) in [6.07, 6.45) is 0. The van der Waals surface area contributed by atoms with E-state index in [2.05, 4.69) is 64.2 Å². The Labute approximate surface area is 184 Å². The number of fused-ring (bicyclic) bond motifs is 2. The third-order valence-corrected chi connectivity index (χ3v) is 7.93. The zero-order valence-electron chi connectivity index (χ0n) is 19.3. The molecule has 160 valence electrons. The van der Waals surface area contributed by atoms with Crippen LogP contribution >= 0.6 is 0 Å². The van der Waals surface area contributed by atoms with Crippen LogP contribution < -0.4 is 5.32 Å². The Morgan fingerprint density at radius 3 is 1.74 bits per heavy atom. The van der Waals surface area contributed by atoms with Crippen LogP contribution in [0, 0.1) is 5.41 Å². The largest absolute Gasteiger partial charge is 0.352 e. The predicted molar refractivity (Wildman–Crippen MR) is 127 cm³/mol. The molecule has 1 N–H and O–H groups in total. The summed E-state index contributed by atoms with van der Waals surface area (Å²) in [5.74, 6) is 0.0812. The van der Waals surface area contributed by atoms with Crippen molar-refractivity contribution >= 4 is 22.5 Å². The molecule has 3 heteroatoms. The number of benzene rings is 3. The van der Waals surface area contributed by atoms with Crippen molar-refractivity contribution < 1.29 is 9.59 Å². The van der Waals surface area contributed by atoms with Gasteiger partial charge in [-0.3, -0.25) is 9.59 Å². The number of hydrogen-bond donors (Lipinski definition) is 1. The van der Waals surface area contributed by atoms with E-state index in [0.29, 0.717) is 12.1 Å². The third kappa shape index (κ3) is 2.86. The number of nitrogens with one attached hydrogen (secondary N) is 1. The zero-order chi connectivity index (χ0) is 22.6. The minimum atomic E-state index is -0.599. The summed E-state index contributed by atoms with van der Waals surface area (Å²) in [5, 5.41) is 4.76. The minimum Gasteiger partial charge on any atom is -0.352 e. The van der Waals surface area contributed by atoms with Crippen molar-refractivity contribution in [2.45, 2.75) is 52.4 Å². The molecule has 0 atom stereocenters. The second-order valence-electron chi connectivity index (χ2n) is 9.89. The average molecular weight is 414 g/mol. The Morgan fingerprint density at radius 2 is 1.23 bits per heavy atom. The van der Waals surface area contributed by atoms with Gasteiger partial charge >= 0.3 is 0 Å². The fraction of sp³-hybridized carbons (Fsp3) is 0.357. The average Bonchev–Trinajstić information content (AvgIpc) is 2.88. The van der Waals surface area contributed by atoms with E-state index in [-0.39, 0.29) is 22.5 Å². The molecule has 3 aromatic carbocycles. The van der Waals surface area contributed by atoms with Gasteiger partial charge in [0.25, 0.3) is 5.91 Å². The van der Waals surface area contributed by atoms with E-state index in [1.54, 1.807) is 0 Å². The van der Waals surface area contributed by atoms with Crippen LogP contribution in [-0.2, 0) is 10.8 Å². The molecular formula is C28H31NO2. The van der Waals surface area contributed by atoms with Gasteiger partial charge < -0.3 is 5.32 Å². The van der Waals surface area contributed by atoms with E-state index < -0.39 is 5.41 Å². The molecular weight excluding hydrogens is 382 g/mol. The van der Waals surface area contributed by atoms with E-state index in [4.69, 9.17) is 0 Å². The van der Waals surface area contributed by atoms with E-state index in [1.165, 1.54) is 11.1 Å². The van der Waals surface area contributed by atoms with Gasteiger partial charge in [-0.1, -0.05) is 77.1 Å². The highest BCUT2D eigenvalue weighted by Crippen LogP contribution is 2.62. The molecule has 0 unspecified atom stereocenters. The molecule has 0 spiro atoms. The summed E-state index contributed by atoms with van der Waals surface area (Å²) in [6, 6.07) is 19.9. The SMILES string of the molecule is CCNC(=O)c1ccc2cc(C(=O)C3(C)C(C)(C)c4ccccc4C3(C)C)ccc2c1. The normalized spacial score (nSPS) is 17.9. The van der Waals surface area contributed by atoms with Gasteiger partial charge in [-0.05, 0) is 47.0 Å². The lowest BCUT2D eigenvalue weighted by Gasteiger charge is -2.46. The van der Waals surface area contributed by atoms with E-state index in [0.717, 1.165) is 16.3 Å². The second kappa shape index (κ2) is 7.05. The molecule has 3 nitrogen and oxygen atoms in total. The Balaban J connectivity index is 1.79. The molecule has 0 saturated carbocycles. The third-order valence-electron chi connectivity index (χ3n) is 7.93. The van der Waals surface area contributed by atoms with Gasteiger partial charge in [-0.25, -0.2) is 0 Å². The van der Waals surface area contributed by atoms with Gasteiger partial charge in [0, 0.05) is 33.9 Å². The van der Waals surface area contributed by atoms with Crippen molar-refractivity contribution in [3.05, 3.63) is 82.9 Å². The van der Waals surface area contributed by atoms with Gasteiger partial charge in [-0.2, -0.15) is 0 Å². The van der Waals surface area contributed by atoms with Crippen LogP contribution in [0.1, 0.15) is 73.4 Å². The van der Waals surface area contributed by atoms with Crippen LogP contribution in [-0.4, -0.2) is 18.2 Å². The second-order valence-corrected chi connectivity index (χ2v) is 9.89. The Kier molecular flexibility index (Phi) is 4.84. The molecule has 31 heavy (non-hydrogen) atoms. The van der Waals surface area contributed by atoms with Crippen LogP contribution in [0.2, 0.25) is 0 Å². The molecule has 0 heterocycles. The zero-order valence-corrected chi connectivity index (χ0v) is 19.3. The lowest BCUT2D eigenvalue weighted by Crippen LogP contribution is -2.51. The molecule has 0 aromatic heterocycles. The highest BCUT2D eigenvalue weighted by atomic mass is 16.1. The summed E-state index contributed by atoms with van der Waals surface area (Å²) < 4.78 is 0. The smallest absolute Gasteiger partial charge is 0.251 e. The van der Waals surface area contributed by atoms with Gasteiger partial charge in [0.05, 0.1) is 0 Å². The number of carbonyl (C=O) groups excluding carboxylic acids is 2. The summed E-state index contributed by atoms with van der Waals surface area (Å²) >= 11 is 0. The van der Waals surface area contributed by atoms with Gasteiger partial charge in [-0.15, -0.1) is 0 Å². The first-order valence-electron chi connectivity index (χ1n) is 11.0. The number of rotatable bonds is 4. The lowest BCUT2D eigenvalue weighted by atomic mass is 9.55. The van der Waals surface area contributed by atoms with Gasteiger partial charge in [0.2, 0.25) is 0 Å². The summed E-state index contributed by atoms with van der Waals surface area (Å²) in [5.41, 5.74) is 2.65. The van der Waals surface area contributed by atoms with E-state index in [9.17, 15) is 9.59 Å². The molecule has 3 aromatic rings. The van der Waals surface area contributed by atoms with E-state index in [1.807, 2.05) is 43.3 Å². The van der Waals surface area contributed by atoms with Crippen LogP contribution in [0.4, 0.5) is 0 Å². The number of amides is 1. The molecule has 1 amide bonds. The van der Waals surface area contributed by atoms with Crippen LogP contribution in [0.3, 0.4) is 0 Å². The number of ketones is 1. The molecule has 1 aliphatic carbocycles. The van der Waals surface area contributed by atoms with Crippen molar-refractivity contribution in [3.63, 3.8) is 0 Å². The van der Waals surface area contributed by atoms with Crippen molar-refractivity contribution in [3.8, 4) is 0 Å². The number of hydrogen-bond acceptors (Lipinski definition) is 2. The maximum Gasteiger partial charge on any atom is 0.251 e. The fourth-order valence-electron chi connectivity index (χ4n) is 5.54. The quantitative estimate of drug-likeness (QED) is 0.530. The predicted octanol–water partition coefficient (Wildman–Crippen LogP) is 6.05. The van der Waals surface area contributed by atoms with E-state index >= 15 is 0 Å². The van der Waals surface area contributed by atoms with Gasteiger partial charge in [0.1, 0.15) is 0 Å². The van der Waals surface area contributed by atoms with Crippen molar-refractivity contribution in [2.75, 3.05) is 6.54 Å². The monoisotopic (exact) mass is 413 g/mol. The molecule has 0 fully saturated rings. The Bertz CT molecular complexity index is 1170. The standard InChI is InChI=1S/C28H31NO2/c1-7-29-25(31)21-15-13-18-16-20(14-12-19(18)17-21)24(30)28(6)26(2,3)22-10-8-9-11-23(22)27(28,4)5/h8-17H,7H2,1-6H3,(H,29,31). The molecule has 0 saturated heterocycles. The lowest BCUT2D eigenvalue weighted by molar-refractivity contribution is 0.0537. The maximum atomic E-state index is 14.1. The first-order valence-corrected chi connectivity index (χ1v) is 11.0. The highest BCUT2D eigenvalue weighted by molar-refractivity contribution is 6.06. The van der Waals surface area contributed by atoms with Gasteiger partial charge in [0.15, 0.2) is 5.78 Å². The topological polar surface area (TPSA) is 46.2 Å².